The lowest BCUT2D eigenvalue weighted by Gasteiger charge is -2.24. The molecule has 0 saturated carbocycles. The molecule has 0 bridgehead atoms. The highest BCUT2D eigenvalue weighted by Gasteiger charge is 2.27. The molecule has 328 valence electrons. The number of amides is 1. The Balaban J connectivity index is 4.38. The summed E-state index contributed by atoms with van der Waals surface area (Å²) in [5.74, 6) is -0.466. The number of unbranched alkanes of at least 4 members (excludes halogenated alkanes) is 22. The molecule has 0 heterocycles. The normalized spacial score (nSPS) is 15.0. The van der Waals surface area contributed by atoms with E-state index in [4.69, 9.17) is 14.8 Å². The number of aliphatic hydroxyl groups is 2. The van der Waals surface area contributed by atoms with E-state index in [0.29, 0.717) is 12.8 Å². The van der Waals surface area contributed by atoms with Crippen LogP contribution in [-0.2, 0) is 18.4 Å². The number of nitrogens with two attached hydrogens (primary N) is 1. The summed E-state index contributed by atoms with van der Waals surface area (Å²) in [5.41, 5.74) is 5.36. The van der Waals surface area contributed by atoms with Crippen molar-refractivity contribution in [3.05, 3.63) is 48.6 Å². The van der Waals surface area contributed by atoms with Gasteiger partial charge in [0.1, 0.15) is 0 Å². The van der Waals surface area contributed by atoms with Gasteiger partial charge in [0.25, 0.3) is 0 Å². The third-order valence-corrected chi connectivity index (χ3v) is 10.9. The molecule has 56 heavy (non-hydrogen) atoms. The second-order valence-corrected chi connectivity index (χ2v) is 16.9. The Morgan fingerprint density at radius 2 is 1.02 bits per heavy atom. The van der Waals surface area contributed by atoms with Crippen LogP contribution in [-0.4, -0.2) is 59.0 Å². The second-order valence-electron chi connectivity index (χ2n) is 15.4. The summed E-state index contributed by atoms with van der Waals surface area (Å²) in [4.78, 5) is 22.8. The minimum Gasteiger partial charge on any atom is -0.393 e. The lowest BCUT2D eigenvalue weighted by molar-refractivity contribution is -0.124. The summed E-state index contributed by atoms with van der Waals surface area (Å²) < 4.78 is 22.1. The van der Waals surface area contributed by atoms with Crippen LogP contribution >= 0.6 is 7.82 Å². The van der Waals surface area contributed by atoms with Crippen molar-refractivity contribution in [3.63, 3.8) is 0 Å². The van der Waals surface area contributed by atoms with Crippen molar-refractivity contribution >= 4 is 13.7 Å². The first kappa shape index (κ1) is 54.4. The van der Waals surface area contributed by atoms with Crippen LogP contribution in [0.2, 0.25) is 0 Å². The predicted octanol–water partition coefficient (Wildman–Crippen LogP) is 11.9. The Morgan fingerprint density at radius 1 is 0.607 bits per heavy atom. The minimum absolute atomic E-state index is 0.0402. The Morgan fingerprint density at radius 3 is 1.50 bits per heavy atom. The molecule has 0 aliphatic heterocycles. The maximum atomic E-state index is 12.8. The molecule has 0 saturated heterocycles. The fraction of sp³-hybridized carbons (Fsp3) is 0.804. The first-order valence-electron chi connectivity index (χ1n) is 22.8. The van der Waals surface area contributed by atoms with Gasteiger partial charge in [0.15, 0.2) is 0 Å². The quantitative estimate of drug-likeness (QED) is 0.0232. The number of carbonyl (C=O) groups is 1. The number of carbonyl (C=O) groups excluding carboxylic acids is 1. The highest BCUT2D eigenvalue weighted by molar-refractivity contribution is 7.47. The van der Waals surface area contributed by atoms with Gasteiger partial charge in [-0.1, -0.05) is 172 Å². The molecule has 0 spiro atoms. The number of phosphoric ester groups is 1. The molecular weight excluding hydrogens is 723 g/mol. The van der Waals surface area contributed by atoms with E-state index >= 15 is 0 Å². The number of rotatable bonds is 42. The predicted molar refractivity (Wildman–Crippen MR) is 237 cm³/mol. The Bertz CT molecular complexity index is 1030. The number of hydrogen-bond donors (Lipinski definition) is 5. The molecule has 0 radical (unpaired) electrons. The molecular formula is C46H87N2O7P. The molecule has 0 aromatic heterocycles. The molecule has 9 nitrogen and oxygen atoms in total. The maximum Gasteiger partial charge on any atom is 0.472 e. The van der Waals surface area contributed by atoms with Crippen LogP contribution in [0.25, 0.3) is 0 Å². The van der Waals surface area contributed by atoms with Gasteiger partial charge in [-0.25, -0.2) is 4.57 Å². The average molecular weight is 811 g/mol. The van der Waals surface area contributed by atoms with E-state index in [9.17, 15) is 24.5 Å². The van der Waals surface area contributed by atoms with Gasteiger partial charge in [0.2, 0.25) is 5.91 Å². The smallest absolute Gasteiger partial charge is 0.393 e. The van der Waals surface area contributed by atoms with E-state index in [0.717, 1.165) is 57.8 Å². The van der Waals surface area contributed by atoms with Crippen molar-refractivity contribution in [2.75, 3.05) is 19.8 Å². The fourth-order valence-electron chi connectivity index (χ4n) is 6.44. The van der Waals surface area contributed by atoms with Crippen LogP contribution in [0.5, 0.6) is 0 Å². The van der Waals surface area contributed by atoms with Crippen molar-refractivity contribution in [2.45, 2.75) is 218 Å². The lowest BCUT2D eigenvalue weighted by Crippen LogP contribution is -2.46. The first-order chi connectivity index (χ1) is 27.3. The van der Waals surface area contributed by atoms with Gasteiger partial charge in [0, 0.05) is 6.54 Å². The Labute approximate surface area is 344 Å². The van der Waals surface area contributed by atoms with Crippen LogP contribution in [0.1, 0.15) is 200 Å². The average Bonchev–Trinajstić information content (AvgIpc) is 3.17. The minimum atomic E-state index is -4.41. The molecule has 0 aromatic rings. The number of hydrogen-bond acceptors (Lipinski definition) is 7. The number of aliphatic hydroxyl groups excluding tert-OH is 2. The largest absolute Gasteiger partial charge is 0.472 e. The summed E-state index contributed by atoms with van der Waals surface area (Å²) in [6.45, 7) is 3.92. The second kappa shape index (κ2) is 41.6. The van der Waals surface area contributed by atoms with Crippen LogP contribution in [0.4, 0.5) is 0 Å². The zero-order chi connectivity index (χ0) is 41.2. The summed E-state index contributed by atoms with van der Waals surface area (Å²) in [5, 5.41) is 24.0. The first-order valence-corrected chi connectivity index (χ1v) is 24.3. The highest BCUT2D eigenvalue weighted by Crippen LogP contribution is 2.43. The van der Waals surface area contributed by atoms with Crippen molar-refractivity contribution < 1.29 is 33.5 Å². The van der Waals surface area contributed by atoms with Crippen LogP contribution in [0.3, 0.4) is 0 Å². The topological polar surface area (TPSA) is 151 Å². The summed E-state index contributed by atoms with van der Waals surface area (Å²) >= 11 is 0. The molecule has 0 aromatic carbocycles. The van der Waals surface area contributed by atoms with Crippen LogP contribution < -0.4 is 11.1 Å². The zero-order valence-corrected chi connectivity index (χ0v) is 36.9. The number of nitrogens with one attached hydrogen (secondary N) is 1. The summed E-state index contributed by atoms with van der Waals surface area (Å²) in [6, 6.07) is -1.01. The van der Waals surface area contributed by atoms with Crippen molar-refractivity contribution in [3.8, 4) is 0 Å². The van der Waals surface area contributed by atoms with E-state index in [1.807, 2.05) is 6.08 Å². The van der Waals surface area contributed by atoms with Gasteiger partial charge in [-0.2, -0.15) is 0 Å². The number of allylic oxidation sites excluding steroid dienone is 7. The Hall–Kier alpha value is -1.58. The third-order valence-electron chi connectivity index (χ3n) is 9.91. The standard InChI is InChI=1S/C46H87N2O7P/c1-3-5-7-9-11-13-15-17-18-19-20-21-22-23-24-26-28-30-32-34-36-38-45(50)44(42-55-56(52,53)54-40-39-47)48-46(51)41-43(49)37-35-33-31-29-27-25-16-14-12-10-8-6-4-2/h14,16,22-23,28,30,36,38,43-45,49-50H,3-13,15,17-21,24-27,29,31-35,37,39-42,47H2,1-2H3,(H,48,51)(H,52,53)/b16-14-,23-22+,30-28+,38-36+. The van der Waals surface area contributed by atoms with Gasteiger partial charge < -0.3 is 26.2 Å². The van der Waals surface area contributed by atoms with Gasteiger partial charge in [0.05, 0.1) is 37.9 Å². The van der Waals surface area contributed by atoms with Crippen LogP contribution in [0.15, 0.2) is 48.6 Å². The van der Waals surface area contributed by atoms with Crippen LogP contribution in [0, 0.1) is 0 Å². The van der Waals surface area contributed by atoms with Crippen molar-refractivity contribution in [1.29, 1.82) is 0 Å². The van der Waals surface area contributed by atoms with Gasteiger partial charge in [-0.3, -0.25) is 13.8 Å². The van der Waals surface area contributed by atoms with E-state index in [-0.39, 0.29) is 19.6 Å². The van der Waals surface area contributed by atoms with Gasteiger partial charge >= 0.3 is 7.82 Å². The monoisotopic (exact) mass is 811 g/mol. The third kappa shape index (κ3) is 39.3. The zero-order valence-electron chi connectivity index (χ0n) is 36.0. The number of phosphoric acid groups is 1. The van der Waals surface area contributed by atoms with E-state index < -0.39 is 38.6 Å². The summed E-state index contributed by atoms with van der Waals surface area (Å²) in [6.07, 6.45) is 47.7. The van der Waals surface area contributed by atoms with Gasteiger partial charge in [-0.15, -0.1) is 0 Å². The molecule has 0 aliphatic rings. The molecule has 0 fully saturated rings. The molecule has 4 atom stereocenters. The molecule has 4 unspecified atom stereocenters. The molecule has 10 heteroatoms. The van der Waals surface area contributed by atoms with E-state index in [1.165, 1.54) is 109 Å². The van der Waals surface area contributed by atoms with Crippen molar-refractivity contribution in [2.24, 2.45) is 5.73 Å². The lowest BCUT2D eigenvalue weighted by atomic mass is 10.0. The van der Waals surface area contributed by atoms with E-state index in [2.05, 4.69) is 55.6 Å². The van der Waals surface area contributed by atoms with Gasteiger partial charge in [-0.05, 0) is 70.6 Å². The fourth-order valence-corrected chi connectivity index (χ4v) is 7.20. The molecule has 0 aliphatic carbocycles. The molecule has 1 amide bonds. The SMILES string of the molecule is CCCCCC/C=C\CCCCCCCC(O)CC(=O)NC(COP(=O)(O)OCCN)C(O)/C=C/CC/C=C/CC/C=C/CCCCCCCCCCCCC. The van der Waals surface area contributed by atoms with Crippen molar-refractivity contribution in [1.82, 2.24) is 5.32 Å². The molecule has 0 rings (SSSR count). The Kier molecular flexibility index (Phi) is 40.4. The highest BCUT2D eigenvalue weighted by atomic mass is 31.2. The maximum absolute atomic E-state index is 12.8. The summed E-state index contributed by atoms with van der Waals surface area (Å²) in [7, 11) is -4.41. The van der Waals surface area contributed by atoms with E-state index in [1.54, 1.807) is 6.08 Å². The molecule has 6 N–H and O–H groups in total.